The second kappa shape index (κ2) is 6.14. The Morgan fingerprint density at radius 3 is 2.57 bits per heavy atom. The molecule has 1 aliphatic rings. The quantitative estimate of drug-likeness (QED) is 0.912. The molecular formula is C17H17F2N3O. The molecule has 0 bridgehead atoms. The van der Waals surface area contributed by atoms with Crippen molar-refractivity contribution in [2.75, 3.05) is 13.1 Å². The van der Waals surface area contributed by atoms with E-state index in [4.69, 9.17) is 0 Å². The maximum atomic E-state index is 13.9. The van der Waals surface area contributed by atoms with Crippen LogP contribution in [0.25, 0.3) is 5.57 Å². The minimum Gasteiger partial charge on any atom is -0.380 e. The molecule has 0 radical (unpaired) electrons. The van der Waals surface area contributed by atoms with Gasteiger partial charge in [0.15, 0.2) is 5.82 Å². The summed E-state index contributed by atoms with van der Waals surface area (Å²) < 4.78 is 27.0. The van der Waals surface area contributed by atoms with Gasteiger partial charge >= 0.3 is 0 Å². The number of rotatable bonds is 3. The summed E-state index contributed by atoms with van der Waals surface area (Å²) in [5.41, 5.74) is -0.265. The number of halogens is 2. The number of aliphatic hydroxyl groups is 1. The van der Waals surface area contributed by atoms with Gasteiger partial charge in [0.05, 0.1) is 0 Å². The fourth-order valence-corrected chi connectivity index (χ4v) is 2.61. The van der Waals surface area contributed by atoms with Crippen LogP contribution in [0.3, 0.4) is 0 Å². The van der Waals surface area contributed by atoms with Crippen LogP contribution >= 0.6 is 0 Å². The molecule has 1 atom stereocenters. The van der Waals surface area contributed by atoms with Crippen molar-refractivity contribution in [1.82, 2.24) is 15.3 Å². The molecule has 0 amide bonds. The van der Waals surface area contributed by atoms with Crippen LogP contribution in [0.2, 0.25) is 0 Å². The number of nitrogens with zero attached hydrogens (tertiary/aromatic N) is 2. The molecule has 23 heavy (non-hydrogen) atoms. The highest BCUT2D eigenvalue weighted by molar-refractivity contribution is 5.60. The van der Waals surface area contributed by atoms with Crippen LogP contribution in [0.1, 0.15) is 30.3 Å². The van der Waals surface area contributed by atoms with Gasteiger partial charge in [-0.15, -0.1) is 0 Å². The summed E-state index contributed by atoms with van der Waals surface area (Å²) in [6.45, 7) is 3.08. The molecule has 2 N–H and O–H groups in total. The van der Waals surface area contributed by atoms with Gasteiger partial charge in [-0.1, -0.05) is 6.08 Å². The lowest BCUT2D eigenvalue weighted by molar-refractivity contribution is 0.0970. The Hall–Kier alpha value is -2.18. The lowest BCUT2D eigenvalue weighted by Crippen LogP contribution is -2.25. The van der Waals surface area contributed by atoms with E-state index in [9.17, 15) is 13.9 Å². The van der Waals surface area contributed by atoms with Gasteiger partial charge in [-0.25, -0.2) is 18.7 Å². The first kappa shape index (κ1) is 15.7. The summed E-state index contributed by atoms with van der Waals surface area (Å²) in [5, 5.41) is 13.9. The summed E-state index contributed by atoms with van der Waals surface area (Å²) in [6.07, 6.45) is 5.82. The largest absolute Gasteiger partial charge is 0.380 e. The third-order valence-electron chi connectivity index (χ3n) is 4.02. The first-order chi connectivity index (χ1) is 11.0. The van der Waals surface area contributed by atoms with Crippen LogP contribution in [-0.2, 0) is 5.60 Å². The Bertz CT molecular complexity index is 742. The molecular weight excluding hydrogens is 300 g/mol. The van der Waals surface area contributed by atoms with Crippen LogP contribution in [0.5, 0.6) is 0 Å². The molecule has 2 heterocycles. The molecule has 0 saturated heterocycles. The number of benzene rings is 1. The summed E-state index contributed by atoms with van der Waals surface area (Å²) in [6, 6.07) is 3.09. The summed E-state index contributed by atoms with van der Waals surface area (Å²) in [7, 11) is 0. The maximum Gasteiger partial charge on any atom is 0.154 e. The van der Waals surface area contributed by atoms with E-state index in [2.05, 4.69) is 15.3 Å². The second-order valence-corrected chi connectivity index (χ2v) is 5.68. The third kappa shape index (κ3) is 3.13. The fraction of sp³-hybridized carbons (Fsp3) is 0.294. The van der Waals surface area contributed by atoms with Gasteiger partial charge < -0.3 is 10.4 Å². The number of nitrogens with one attached hydrogen (secondary N) is 1. The zero-order chi connectivity index (χ0) is 16.4. The zero-order valence-electron chi connectivity index (χ0n) is 12.7. The molecule has 1 aromatic heterocycles. The van der Waals surface area contributed by atoms with Crippen molar-refractivity contribution in [3.63, 3.8) is 0 Å². The lowest BCUT2D eigenvalue weighted by atomic mass is 9.89. The predicted octanol–water partition coefficient (Wildman–Crippen LogP) is 2.39. The molecule has 1 unspecified atom stereocenters. The van der Waals surface area contributed by atoms with Crippen LogP contribution in [0.15, 0.2) is 36.7 Å². The molecule has 0 aliphatic carbocycles. The van der Waals surface area contributed by atoms with Gasteiger partial charge in [0.25, 0.3) is 0 Å². The molecule has 1 aromatic carbocycles. The van der Waals surface area contributed by atoms with Crippen molar-refractivity contribution in [3.05, 3.63) is 65.3 Å². The Morgan fingerprint density at radius 2 is 1.96 bits per heavy atom. The monoisotopic (exact) mass is 317 g/mol. The molecule has 0 fully saturated rings. The van der Waals surface area contributed by atoms with Gasteiger partial charge in [0, 0.05) is 36.1 Å². The fourth-order valence-electron chi connectivity index (χ4n) is 2.61. The van der Waals surface area contributed by atoms with E-state index in [0.717, 1.165) is 37.2 Å². The molecule has 6 heteroatoms. The zero-order valence-corrected chi connectivity index (χ0v) is 12.7. The first-order valence-corrected chi connectivity index (χ1v) is 7.39. The van der Waals surface area contributed by atoms with E-state index in [1.807, 2.05) is 6.08 Å². The van der Waals surface area contributed by atoms with Gasteiger partial charge in [-0.05, 0) is 37.6 Å². The molecule has 4 nitrogen and oxygen atoms in total. The summed E-state index contributed by atoms with van der Waals surface area (Å²) >= 11 is 0. The standard InChI is InChI=1S/C17H17F2N3O/c1-17(23,14-3-2-13(18)8-15(14)19)12-9-21-16(22-10-12)11-4-6-20-7-5-11/h2-4,8-10,20,23H,5-7H2,1H3. The molecule has 0 spiro atoms. The highest BCUT2D eigenvalue weighted by Gasteiger charge is 2.30. The van der Waals surface area contributed by atoms with Crippen LogP contribution in [0.4, 0.5) is 8.78 Å². The van der Waals surface area contributed by atoms with Crippen molar-refractivity contribution < 1.29 is 13.9 Å². The van der Waals surface area contributed by atoms with Crippen LogP contribution in [0, 0.1) is 11.6 Å². The highest BCUT2D eigenvalue weighted by Crippen LogP contribution is 2.31. The molecule has 120 valence electrons. The lowest BCUT2D eigenvalue weighted by Gasteiger charge is -2.24. The molecule has 0 saturated carbocycles. The van der Waals surface area contributed by atoms with E-state index < -0.39 is 17.2 Å². The number of hydrogen-bond donors (Lipinski definition) is 2. The number of aromatic nitrogens is 2. The van der Waals surface area contributed by atoms with Crippen molar-refractivity contribution in [1.29, 1.82) is 0 Å². The normalized spacial score (nSPS) is 17.5. The van der Waals surface area contributed by atoms with Gasteiger partial charge in [0.2, 0.25) is 0 Å². The Balaban J connectivity index is 1.92. The number of hydrogen-bond acceptors (Lipinski definition) is 4. The topological polar surface area (TPSA) is 58.0 Å². The van der Waals surface area contributed by atoms with Gasteiger partial charge in [-0.3, -0.25) is 0 Å². The molecule has 1 aliphatic heterocycles. The Labute approximate surface area is 132 Å². The van der Waals surface area contributed by atoms with Crippen molar-refractivity contribution in [2.24, 2.45) is 0 Å². The second-order valence-electron chi connectivity index (χ2n) is 5.68. The van der Waals surface area contributed by atoms with Crippen LogP contribution in [-0.4, -0.2) is 28.2 Å². The first-order valence-electron chi connectivity index (χ1n) is 7.39. The van der Waals surface area contributed by atoms with Crippen molar-refractivity contribution >= 4 is 5.57 Å². The van der Waals surface area contributed by atoms with Crippen LogP contribution < -0.4 is 5.32 Å². The summed E-state index contributed by atoms with van der Waals surface area (Å²) in [4.78, 5) is 8.56. The molecule has 3 rings (SSSR count). The maximum absolute atomic E-state index is 13.9. The van der Waals surface area contributed by atoms with E-state index >= 15 is 0 Å². The minimum atomic E-state index is -1.64. The average Bonchev–Trinajstić information content (AvgIpc) is 2.55. The minimum absolute atomic E-state index is 0.0173. The van der Waals surface area contributed by atoms with E-state index in [1.165, 1.54) is 25.4 Å². The van der Waals surface area contributed by atoms with E-state index in [0.29, 0.717) is 11.4 Å². The SMILES string of the molecule is CC(O)(c1cnc(C2=CCNCC2)nc1)c1ccc(F)cc1F. The van der Waals surface area contributed by atoms with Crippen molar-refractivity contribution in [3.8, 4) is 0 Å². The average molecular weight is 317 g/mol. The van der Waals surface area contributed by atoms with Crippen molar-refractivity contribution in [2.45, 2.75) is 18.9 Å². The third-order valence-corrected chi connectivity index (χ3v) is 4.02. The molecule has 2 aromatic rings. The Morgan fingerprint density at radius 1 is 1.22 bits per heavy atom. The smallest absolute Gasteiger partial charge is 0.154 e. The Kier molecular flexibility index (Phi) is 4.19. The highest BCUT2D eigenvalue weighted by atomic mass is 19.1. The predicted molar refractivity (Wildman–Crippen MR) is 82.5 cm³/mol. The summed E-state index contributed by atoms with van der Waals surface area (Å²) in [5.74, 6) is -0.891. The van der Waals surface area contributed by atoms with Gasteiger partial charge in [-0.2, -0.15) is 0 Å². The van der Waals surface area contributed by atoms with Gasteiger partial charge in [0.1, 0.15) is 17.2 Å². The van der Waals surface area contributed by atoms with E-state index in [-0.39, 0.29) is 5.56 Å². The van der Waals surface area contributed by atoms with E-state index in [1.54, 1.807) is 0 Å².